The van der Waals surface area contributed by atoms with Gasteiger partial charge < -0.3 is 0 Å². The van der Waals surface area contributed by atoms with Gasteiger partial charge in [0.15, 0.2) is 0 Å². The second kappa shape index (κ2) is 20.5. The maximum absolute atomic E-state index is 2.44. The van der Waals surface area contributed by atoms with Crippen molar-refractivity contribution >= 4 is 43.8 Å². The number of benzene rings is 14. The first-order chi connectivity index (χ1) is 42.8. The van der Waals surface area contributed by atoms with E-state index >= 15 is 0 Å². The van der Waals surface area contributed by atoms with Crippen LogP contribution in [-0.4, -0.2) is 0 Å². The molecule has 0 bridgehead atoms. The molecule has 0 radical (unpaired) electrons. The summed E-state index contributed by atoms with van der Waals surface area (Å²) in [7, 11) is 0. The first-order valence-electron chi connectivity index (χ1n) is 30.2. The van der Waals surface area contributed by atoms with Crippen LogP contribution in [-0.2, 0) is 0 Å². The fourth-order valence-corrected chi connectivity index (χ4v) is 15.2. The van der Waals surface area contributed by atoms with Gasteiger partial charge in [-0.25, -0.2) is 0 Å². The fraction of sp³-hybridized carbons (Fsp3) is 0.0233. The molecule has 0 spiro atoms. The van der Waals surface area contributed by atoms with Crippen LogP contribution in [0.15, 0.2) is 328 Å². The van der Waals surface area contributed by atoms with E-state index in [9.17, 15) is 0 Å². The normalized spacial score (nSPS) is 14.7. The van der Waals surface area contributed by atoms with Gasteiger partial charge in [0, 0.05) is 11.8 Å². The van der Waals surface area contributed by atoms with Gasteiger partial charge >= 0.3 is 0 Å². The quantitative estimate of drug-likeness (QED) is 0.128. The van der Waals surface area contributed by atoms with Gasteiger partial charge in [0.25, 0.3) is 0 Å². The summed E-state index contributed by atoms with van der Waals surface area (Å²) in [5.74, 6) is 0.0869. The summed E-state index contributed by atoms with van der Waals surface area (Å²) in [6.45, 7) is 0. The second-order valence-electron chi connectivity index (χ2n) is 23.2. The fourth-order valence-electron chi connectivity index (χ4n) is 15.2. The highest BCUT2D eigenvalue weighted by molar-refractivity contribution is 6.35. The molecule has 86 heavy (non-hydrogen) atoms. The van der Waals surface area contributed by atoms with Crippen LogP contribution in [0.25, 0.3) is 133 Å². The minimum atomic E-state index is 0.0434. The van der Waals surface area contributed by atoms with E-state index in [0.717, 1.165) is 0 Å². The Bertz CT molecular complexity index is 4780. The monoisotopic (exact) mass is 1090 g/mol. The molecule has 0 aromatic heterocycles. The maximum Gasteiger partial charge on any atom is 0.0211 e. The first-order valence-corrected chi connectivity index (χ1v) is 30.2. The Balaban J connectivity index is 0.859. The predicted octanol–water partition coefficient (Wildman–Crippen LogP) is 23.1. The Morgan fingerprint density at radius 2 is 0.430 bits per heavy atom. The SMILES string of the molecule is c1ccc(C2=C3C(=C(c4ccccc4)C(c4ccccc4)C2c2ccccc2)c2ccc(-c4ccc(-c5ccc6c7c(cccc57)-c5c(-c7ccccc7)c(-c7ccccc7)c(-c7ccccc7)c(-c7ccccc7)c5-6)cc4)c4cccc3c24)cc1. The zero-order chi connectivity index (χ0) is 56.7. The lowest BCUT2D eigenvalue weighted by molar-refractivity contribution is 0.767. The summed E-state index contributed by atoms with van der Waals surface area (Å²) in [5.41, 5.74) is 33.0. The molecule has 3 aliphatic rings. The summed E-state index contributed by atoms with van der Waals surface area (Å²) in [6.07, 6.45) is 0. The summed E-state index contributed by atoms with van der Waals surface area (Å²) < 4.78 is 0. The van der Waals surface area contributed by atoms with Gasteiger partial charge in [-0.05, 0) is 166 Å². The maximum atomic E-state index is 2.44. The van der Waals surface area contributed by atoms with Crippen molar-refractivity contribution < 1.29 is 0 Å². The number of allylic oxidation sites excluding steroid dienone is 4. The molecule has 0 heteroatoms. The zero-order valence-corrected chi connectivity index (χ0v) is 47.3. The Labute approximate surface area is 502 Å². The predicted molar refractivity (Wildman–Crippen MR) is 363 cm³/mol. The van der Waals surface area contributed by atoms with Crippen molar-refractivity contribution in [2.75, 3.05) is 0 Å². The van der Waals surface area contributed by atoms with E-state index in [1.165, 1.54) is 166 Å². The van der Waals surface area contributed by atoms with Crippen molar-refractivity contribution in [1.29, 1.82) is 0 Å². The van der Waals surface area contributed by atoms with Crippen LogP contribution < -0.4 is 0 Å². The lowest BCUT2D eigenvalue weighted by atomic mass is 9.63. The van der Waals surface area contributed by atoms with Crippen molar-refractivity contribution in [2.45, 2.75) is 11.8 Å². The van der Waals surface area contributed by atoms with Crippen LogP contribution in [0.1, 0.15) is 45.2 Å². The molecule has 0 heterocycles. The van der Waals surface area contributed by atoms with Crippen LogP contribution in [0.3, 0.4) is 0 Å². The van der Waals surface area contributed by atoms with E-state index in [-0.39, 0.29) is 11.8 Å². The molecule has 0 aliphatic heterocycles. The molecule has 0 saturated heterocycles. The van der Waals surface area contributed by atoms with Crippen molar-refractivity contribution in [2.24, 2.45) is 0 Å². The third-order valence-corrected chi connectivity index (χ3v) is 18.6. The molecule has 0 saturated carbocycles. The molecule has 3 aliphatic carbocycles. The molecule has 14 aromatic rings. The van der Waals surface area contributed by atoms with Gasteiger partial charge in [-0.2, -0.15) is 0 Å². The Morgan fingerprint density at radius 3 is 0.802 bits per heavy atom. The summed E-state index contributed by atoms with van der Waals surface area (Å²) in [5, 5.41) is 5.15. The Hall–Kier alpha value is -10.9. The summed E-state index contributed by atoms with van der Waals surface area (Å²) in [4.78, 5) is 0. The molecule has 0 nitrogen and oxygen atoms in total. The summed E-state index contributed by atoms with van der Waals surface area (Å²) >= 11 is 0. The van der Waals surface area contributed by atoms with Gasteiger partial charge in [-0.15, -0.1) is 0 Å². The van der Waals surface area contributed by atoms with Crippen LogP contribution in [0, 0.1) is 0 Å². The molecule has 0 amide bonds. The van der Waals surface area contributed by atoms with Crippen molar-refractivity contribution in [3.63, 3.8) is 0 Å². The average Bonchev–Trinajstić information content (AvgIpc) is 1.61. The second-order valence-corrected chi connectivity index (χ2v) is 23.2. The molecule has 14 aromatic carbocycles. The molecule has 2 unspecified atom stereocenters. The van der Waals surface area contributed by atoms with E-state index in [2.05, 4.69) is 328 Å². The number of fused-ring (bicyclic) bond motifs is 6. The molecule has 400 valence electrons. The minimum Gasteiger partial charge on any atom is -0.0622 e. The smallest absolute Gasteiger partial charge is 0.0211 e. The standard InChI is InChI=1S/C86H56/c1-9-27-57(28-10-1)73-75(59-31-13-3-14-32-59)79(63-39-21-7-22-40-63)85-71-53-51-65(67-43-25-45-69(81(67)71)83(85)77(73)61-35-17-5-18-36-61)55-47-49-56(50-48-55)66-52-54-72-82-68(66)44-26-46-70(82)84-78(62-37-19-6-20-38-62)74(58-29-11-2-12-30-58)76(60-33-15-4-16-34-60)80(86(72)84)64-41-23-8-24-42-64/h1-54,73,75H. The first kappa shape index (κ1) is 49.7. The number of rotatable bonds is 10. The molecule has 2 atom stereocenters. The number of hydrogen-bond acceptors (Lipinski definition) is 0. The highest BCUT2D eigenvalue weighted by Gasteiger charge is 2.44. The zero-order valence-electron chi connectivity index (χ0n) is 47.3. The Morgan fingerprint density at radius 1 is 0.163 bits per heavy atom. The van der Waals surface area contributed by atoms with Gasteiger partial charge in [0.1, 0.15) is 0 Å². The van der Waals surface area contributed by atoms with Crippen molar-refractivity contribution in [3.8, 4) is 89.0 Å². The molecule has 17 rings (SSSR count). The molecular weight excluding hydrogens is 1030 g/mol. The van der Waals surface area contributed by atoms with E-state index in [1.807, 2.05) is 0 Å². The van der Waals surface area contributed by atoms with Crippen LogP contribution in [0.4, 0.5) is 0 Å². The van der Waals surface area contributed by atoms with E-state index in [1.54, 1.807) is 0 Å². The highest BCUT2D eigenvalue weighted by Crippen LogP contribution is 2.65. The van der Waals surface area contributed by atoms with Gasteiger partial charge in [0.05, 0.1) is 0 Å². The number of hydrogen-bond donors (Lipinski definition) is 0. The molecule has 0 fully saturated rings. The highest BCUT2D eigenvalue weighted by atomic mass is 14.5. The third-order valence-electron chi connectivity index (χ3n) is 18.6. The van der Waals surface area contributed by atoms with E-state index < -0.39 is 0 Å². The summed E-state index contributed by atoms with van der Waals surface area (Å²) in [6, 6.07) is 122. The van der Waals surface area contributed by atoms with Crippen LogP contribution in [0.2, 0.25) is 0 Å². The third kappa shape index (κ3) is 7.77. The average molecular weight is 1090 g/mol. The lowest BCUT2D eigenvalue weighted by Gasteiger charge is -2.39. The van der Waals surface area contributed by atoms with Crippen molar-refractivity contribution in [1.82, 2.24) is 0 Å². The minimum absolute atomic E-state index is 0.0434. The Kier molecular flexibility index (Phi) is 11.8. The van der Waals surface area contributed by atoms with E-state index in [4.69, 9.17) is 0 Å². The molecule has 0 N–H and O–H groups in total. The lowest BCUT2D eigenvalue weighted by Crippen LogP contribution is -2.21. The van der Waals surface area contributed by atoms with Gasteiger partial charge in [-0.1, -0.05) is 328 Å². The van der Waals surface area contributed by atoms with Crippen LogP contribution >= 0.6 is 0 Å². The van der Waals surface area contributed by atoms with Crippen LogP contribution in [0.5, 0.6) is 0 Å². The largest absolute Gasteiger partial charge is 0.0622 e. The van der Waals surface area contributed by atoms with Gasteiger partial charge in [0.2, 0.25) is 0 Å². The van der Waals surface area contributed by atoms with E-state index in [0.29, 0.717) is 0 Å². The molecular formula is C86H56. The topological polar surface area (TPSA) is 0 Å². The van der Waals surface area contributed by atoms with Gasteiger partial charge in [-0.3, -0.25) is 0 Å². The van der Waals surface area contributed by atoms with Crippen molar-refractivity contribution in [3.05, 3.63) is 361 Å².